The minimum Gasteiger partial charge on any atom is -0.467 e. The number of hydrogen-bond donors (Lipinski definition) is 1. The molecule has 2 fully saturated rings. The maximum atomic E-state index is 13.5. The van der Waals surface area contributed by atoms with Crippen molar-refractivity contribution >= 4 is 36.2 Å². The van der Waals surface area contributed by atoms with Gasteiger partial charge >= 0.3 is 11.9 Å². The average molecular weight is 482 g/mol. The number of carbonyl (C=O) groups excluding carboxylic acids is 4. The number of rotatable bonds is 8. The fourth-order valence-corrected chi connectivity index (χ4v) is 4.25. The zero-order valence-corrected chi connectivity index (χ0v) is 19.8. The van der Waals surface area contributed by atoms with Gasteiger partial charge in [0.15, 0.2) is 6.04 Å². The monoisotopic (exact) mass is 481 g/mol. The van der Waals surface area contributed by atoms with Crippen molar-refractivity contribution in [3.05, 3.63) is 35.9 Å². The van der Waals surface area contributed by atoms with E-state index in [-0.39, 0.29) is 37.8 Å². The van der Waals surface area contributed by atoms with Crippen LogP contribution in [0.15, 0.2) is 30.3 Å². The van der Waals surface area contributed by atoms with Crippen molar-refractivity contribution in [2.75, 3.05) is 20.3 Å². The van der Waals surface area contributed by atoms with Gasteiger partial charge < -0.3 is 9.47 Å². The molecule has 9 nitrogen and oxygen atoms in total. The molecule has 1 aromatic rings. The summed E-state index contributed by atoms with van der Waals surface area (Å²) in [6.07, 6.45) is 2.46. The summed E-state index contributed by atoms with van der Waals surface area (Å²) in [6.45, 7) is 2.33. The SMILES string of the molecule is CCOC(=O)[C@@H](CCc1ccccc1)N[C@H]1CCC(=O)N2CCC[C@@H](C(=O)OC)N2C1=O.Cl. The highest BCUT2D eigenvalue weighted by Gasteiger charge is 2.45. The number of fused-ring (bicyclic) bond motifs is 1. The third-order valence-corrected chi connectivity index (χ3v) is 5.87. The molecule has 0 bridgehead atoms. The van der Waals surface area contributed by atoms with Crippen LogP contribution >= 0.6 is 12.4 Å². The normalized spacial score (nSPS) is 21.4. The van der Waals surface area contributed by atoms with Crippen LogP contribution < -0.4 is 5.32 Å². The molecular formula is C23H32ClN3O6. The predicted molar refractivity (Wildman–Crippen MR) is 122 cm³/mol. The number of hydrazine groups is 1. The Morgan fingerprint density at radius 1 is 1.18 bits per heavy atom. The van der Waals surface area contributed by atoms with Crippen molar-refractivity contribution in [2.45, 2.75) is 63.6 Å². The van der Waals surface area contributed by atoms with Crippen LogP contribution in [0.25, 0.3) is 0 Å². The van der Waals surface area contributed by atoms with Crippen LogP contribution in [0.1, 0.15) is 44.6 Å². The van der Waals surface area contributed by atoms with Crippen molar-refractivity contribution in [1.29, 1.82) is 0 Å². The molecule has 2 aliphatic heterocycles. The lowest BCUT2D eigenvalue weighted by Gasteiger charge is -2.42. The largest absolute Gasteiger partial charge is 0.467 e. The molecule has 10 heteroatoms. The van der Waals surface area contributed by atoms with Gasteiger partial charge in [-0.1, -0.05) is 30.3 Å². The summed E-state index contributed by atoms with van der Waals surface area (Å²) < 4.78 is 10.1. The van der Waals surface area contributed by atoms with Crippen LogP contribution in [-0.2, 0) is 35.1 Å². The number of benzene rings is 1. The van der Waals surface area contributed by atoms with Gasteiger partial charge in [0.1, 0.15) is 6.04 Å². The number of carbonyl (C=O) groups is 4. The number of nitrogens with zero attached hydrogens (tertiary/aromatic N) is 2. The Balaban J connectivity index is 0.00000385. The summed E-state index contributed by atoms with van der Waals surface area (Å²) in [4.78, 5) is 51.1. The highest BCUT2D eigenvalue weighted by molar-refractivity contribution is 5.92. The Morgan fingerprint density at radius 3 is 2.58 bits per heavy atom. The first-order valence-corrected chi connectivity index (χ1v) is 11.1. The Labute approximate surface area is 200 Å². The van der Waals surface area contributed by atoms with Gasteiger partial charge in [0.2, 0.25) is 5.91 Å². The minimum absolute atomic E-state index is 0. The van der Waals surface area contributed by atoms with E-state index in [4.69, 9.17) is 9.47 Å². The van der Waals surface area contributed by atoms with E-state index < -0.39 is 36.0 Å². The lowest BCUT2D eigenvalue weighted by molar-refractivity contribution is -0.182. The number of halogens is 1. The lowest BCUT2D eigenvalue weighted by atomic mass is 10.0. The molecule has 0 spiro atoms. The summed E-state index contributed by atoms with van der Waals surface area (Å²) in [7, 11) is 1.27. The maximum Gasteiger partial charge on any atom is 0.330 e. The van der Waals surface area contributed by atoms with Crippen LogP contribution in [0.4, 0.5) is 0 Å². The molecule has 3 atom stereocenters. The number of ether oxygens (including phenoxy) is 2. The quantitative estimate of drug-likeness (QED) is 0.562. The molecule has 33 heavy (non-hydrogen) atoms. The first-order valence-electron chi connectivity index (χ1n) is 11.1. The fraction of sp³-hybridized carbons (Fsp3) is 0.565. The summed E-state index contributed by atoms with van der Waals surface area (Å²) in [6, 6.07) is 7.38. The fourth-order valence-electron chi connectivity index (χ4n) is 4.25. The number of hydrogen-bond acceptors (Lipinski definition) is 7. The lowest BCUT2D eigenvalue weighted by Crippen LogP contribution is -2.63. The van der Waals surface area contributed by atoms with E-state index >= 15 is 0 Å². The second-order valence-corrected chi connectivity index (χ2v) is 7.97. The highest BCUT2D eigenvalue weighted by Crippen LogP contribution is 2.26. The summed E-state index contributed by atoms with van der Waals surface area (Å²) in [5.41, 5.74) is 1.07. The van der Waals surface area contributed by atoms with Crippen molar-refractivity contribution in [1.82, 2.24) is 15.3 Å². The Hall–Kier alpha value is -2.65. The summed E-state index contributed by atoms with van der Waals surface area (Å²) in [5, 5.41) is 5.73. The molecule has 0 aromatic heterocycles. The van der Waals surface area contributed by atoms with Crippen molar-refractivity contribution in [2.24, 2.45) is 0 Å². The van der Waals surface area contributed by atoms with E-state index in [1.165, 1.54) is 17.1 Å². The zero-order chi connectivity index (χ0) is 23.1. The van der Waals surface area contributed by atoms with Gasteiger partial charge in [0.25, 0.3) is 5.91 Å². The van der Waals surface area contributed by atoms with Gasteiger partial charge in [0, 0.05) is 13.0 Å². The number of methoxy groups -OCH3 is 1. The molecule has 0 saturated carbocycles. The summed E-state index contributed by atoms with van der Waals surface area (Å²) in [5.74, 6) is -1.61. The molecule has 0 unspecified atom stereocenters. The van der Waals surface area contributed by atoms with Crippen LogP contribution in [0.5, 0.6) is 0 Å². The van der Waals surface area contributed by atoms with E-state index in [1.807, 2.05) is 30.3 Å². The van der Waals surface area contributed by atoms with Crippen LogP contribution in [0.2, 0.25) is 0 Å². The van der Waals surface area contributed by atoms with Crippen LogP contribution in [0, 0.1) is 0 Å². The van der Waals surface area contributed by atoms with Gasteiger partial charge in [-0.15, -0.1) is 12.4 Å². The second-order valence-electron chi connectivity index (χ2n) is 7.97. The first kappa shape index (κ1) is 26.6. The Bertz CT molecular complexity index is 837. The van der Waals surface area contributed by atoms with E-state index in [0.717, 1.165) is 5.56 Å². The number of esters is 2. The number of aryl methyl sites for hydroxylation is 1. The van der Waals surface area contributed by atoms with Gasteiger partial charge in [-0.25, -0.2) is 9.80 Å². The van der Waals surface area contributed by atoms with Crippen molar-refractivity contribution in [3.8, 4) is 0 Å². The standard InChI is InChI=1S/C23H31N3O6.ClH/c1-3-32-22(29)18(12-11-16-8-5-4-6-9-16)24-17-13-14-20(27)25-15-7-10-19(23(30)31-2)26(25)21(17)28;/h4-6,8-9,17-19,24H,3,7,10-15H2,1-2H3;1H/t17-,18+,19-;/m0./s1. The second kappa shape index (κ2) is 12.6. The molecule has 2 heterocycles. The molecule has 1 N–H and O–H groups in total. The molecule has 1 aromatic carbocycles. The Morgan fingerprint density at radius 2 is 1.91 bits per heavy atom. The van der Waals surface area contributed by atoms with E-state index in [2.05, 4.69) is 5.32 Å². The van der Waals surface area contributed by atoms with Crippen molar-refractivity contribution in [3.63, 3.8) is 0 Å². The third-order valence-electron chi connectivity index (χ3n) is 5.87. The summed E-state index contributed by atoms with van der Waals surface area (Å²) >= 11 is 0. The molecule has 182 valence electrons. The van der Waals surface area contributed by atoms with E-state index in [9.17, 15) is 19.2 Å². The molecule has 3 rings (SSSR count). The van der Waals surface area contributed by atoms with Crippen LogP contribution in [-0.4, -0.2) is 72.2 Å². The number of amides is 2. The minimum atomic E-state index is -0.849. The average Bonchev–Trinajstić information content (AvgIpc) is 2.93. The molecule has 0 radical (unpaired) electrons. The van der Waals surface area contributed by atoms with Gasteiger partial charge in [-0.3, -0.25) is 24.7 Å². The third kappa shape index (κ3) is 6.45. The van der Waals surface area contributed by atoms with Gasteiger partial charge in [-0.05, 0) is 44.6 Å². The van der Waals surface area contributed by atoms with Gasteiger partial charge in [0.05, 0.1) is 19.8 Å². The van der Waals surface area contributed by atoms with E-state index in [0.29, 0.717) is 32.2 Å². The smallest absolute Gasteiger partial charge is 0.330 e. The topological polar surface area (TPSA) is 105 Å². The first-order chi connectivity index (χ1) is 15.5. The molecule has 2 saturated heterocycles. The van der Waals surface area contributed by atoms with Gasteiger partial charge in [-0.2, -0.15) is 0 Å². The number of nitrogens with one attached hydrogen (secondary N) is 1. The zero-order valence-electron chi connectivity index (χ0n) is 19.0. The molecular weight excluding hydrogens is 450 g/mol. The molecule has 2 amide bonds. The highest BCUT2D eigenvalue weighted by atomic mass is 35.5. The maximum absolute atomic E-state index is 13.5. The van der Waals surface area contributed by atoms with E-state index in [1.54, 1.807) is 6.92 Å². The van der Waals surface area contributed by atoms with Crippen molar-refractivity contribution < 1.29 is 28.7 Å². The molecule has 2 aliphatic rings. The van der Waals surface area contributed by atoms with Crippen LogP contribution in [0.3, 0.4) is 0 Å². The Kier molecular flexibility index (Phi) is 10.1. The predicted octanol–water partition coefficient (Wildman–Crippen LogP) is 1.63. The molecule has 0 aliphatic carbocycles.